The van der Waals surface area contributed by atoms with Gasteiger partial charge in [0, 0.05) is 6.07 Å². The van der Waals surface area contributed by atoms with Crippen LogP contribution in [0.3, 0.4) is 0 Å². The predicted molar refractivity (Wildman–Crippen MR) is 78.6 cm³/mol. The van der Waals surface area contributed by atoms with Crippen LogP contribution in [0.5, 0.6) is 5.75 Å². The molecule has 1 aliphatic heterocycles. The number of halogens is 3. The Labute approximate surface area is 130 Å². The third-order valence-electron chi connectivity index (χ3n) is 3.44. The van der Waals surface area contributed by atoms with Gasteiger partial charge in [-0.25, -0.2) is 13.2 Å². The van der Waals surface area contributed by atoms with Crippen LogP contribution in [0.2, 0.25) is 0 Å². The van der Waals surface area contributed by atoms with Crippen molar-refractivity contribution in [1.29, 1.82) is 0 Å². The Balaban J connectivity index is 2.14. The molecule has 0 saturated carbocycles. The molecule has 0 aromatic heterocycles. The molecule has 23 heavy (non-hydrogen) atoms. The minimum Gasteiger partial charge on any atom is -0.491 e. The Morgan fingerprint density at radius 3 is 2.70 bits per heavy atom. The summed E-state index contributed by atoms with van der Waals surface area (Å²) in [6, 6.07) is 5.05. The molecule has 7 heteroatoms. The highest BCUT2D eigenvalue weighted by Gasteiger charge is 2.27. The molecule has 0 atom stereocenters. The maximum atomic E-state index is 14.2. The van der Waals surface area contributed by atoms with Crippen molar-refractivity contribution in [1.82, 2.24) is 5.32 Å². The van der Waals surface area contributed by atoms with Crippen LogP contribution in [0.25, 0.3) is 0 Å². The van der Waals surface area contributed by atoms with E-state index >= 15 is 0 Å². The van der Waals surface area contributed by atoms with Crippen molar-refractivity contribution < 1.29 is 22.7 Å². The number of fused-ring (bicyclic) bond motifs is 1. The summed E-state index contributed by atoms with van der Waals surface area (Å²) in [6.45, 7) is 2.03. The molecule has 2 aromatic carbocycles. The summed E-state index contributed by atoms with van der Waals surface area (Å²) in [5.41, 5.74) is -0.0458. The second kappa shape index (κ2) is 5.83. The Morgan fingerprint density at radius 1 is 1.17 bits per heavy atom. The molecule has 2 aromatic rings. The number of anilines is 2. The van der Waals surface area contributed by atoms with Crippen LogP contribution < -0.4 is 15.4 Å². The number of hydrogen-bond donors (Lipinski definition) is 2. The van der Waals surface area contributed by atoms with Gasteiger partial charge in [-0.2, -0.15) is 0 Å². The summed E-state index contributed by atoms with van der Waals surface area (Å²) >= 11 is 0. The summed E-state index contributed by atoms with van der Waals surface area (Å²) in [7, 11) is 0. The van der Waals surface area contributed by atoms with Crippen molar-refractivity contribution in [2.75, 3.05) is 18.5 Å². The molecule has 0 aliphatic carbocycles. The molecule has 1 heterocycles. The van der Waals surface area contributed by atoms with Crippen LogP contribution >= 0.6 is 0 Å². The lowest BCUT2D eigenvalue weighted by Gasteiger charge is -2.15. The molecule has 4 nitrogen and oxygen atoms in total. The van der Waals surface area contributed by atoms with E-state index < -0.39 is 29.0 Å². The molecule has 2 N–H and O–H groups in total. The molecule has 0 spiro atoms. The van der Waals surface area contributed by atoms with E-state index in [2.05, 4.69) is 10.6 Å². The van der Waals surface area contributed by atoms with Crippen LogP contribution in [0, 0.1) is 24.4 Å². The van der Waals surface area contributed by atoms with Gasteiger partial charge >= 0.3 is 0 Å². The fourth-order valence-corrected chi connectivity index (χ4v) is 2.33. The number of aryl methyl sites for hydroxylation is 1. The van der Waals surface area contributed by atoms with E-state index in [0.29, 0.717) is 5.56 Å². The number of amides is 1. The van der Waals surface area contributed by atoms with Crippen molar-refractivity contribution in [3.05, 3.63) is 52.8 Å². The van der Waals surface area contributed by atoms with Gasteiger partial charge in [0.15, 0.2) is 11.6 Å². The van der Waals surface area contributed by atoms with Gasteiger partial charge in [-0.15, -0.1) is 0 Å². The van der Waals surface area contributed by atoms with Gasteiger partial charge in [0.1, 0.15) is 23.7 Å². The molecule has 0 saturated heterocycles. The zero-order valence-corrected chi connectivity index (χ0v) is 12.2. The average molecular weight is 322 g/mol. The second-order valence-electron chi connectivity index (χ2n) is 5.13. The standard InChI is InChI=1S/C16H13F3N2O2/c1-8-2-3-11(9(17)6-8)21-15-13-12(7-10(18)14(15)19)23-5-4-20-16(13)22/h2-3,6-7,21H,4-5H2,1H3,(H,20,22). The summed E-state index contributed by atoms with van der Waals surface area (Å²) in [5.74, 6) is -3.81. The van der Waals surface area contributed by atoms with Gasteiger partial charge in [-0.05, 0) is 24.6 Å². The van der Waals surface area contributed by atoms with Crippen LogP contribution in [-0.4, -0.2) is 19.1 Å². The van der Waals surface area contributed by atoms with Crippen LogP contribution in [0.15, 0.2) is 24.3 Å². The maximum Gasteiger partial charge on any atom is 0.257 e. The van der Waals surface area contributed by atoms with Gasteiger partial charge in [0.2, 0.25) is 0 Å². The average Bonchev–Trinajstić information content (AvgIpc) is 2.68. The smallest absolute Gasteiger partial charge is 0.257 e. The SMILES string of the molecule is Cc1ccc(Nc2c(F)c(F)cc3c2C(=O)NCCO3)c(F)c1. The van der Waals surface area contributed by atoms with E-state index in [1.54, 1.807) is 13.0 Å². The number of rotatable bonds is 2. The highest BCUT2D eigenvalue weighted by Crippen LogP contribution is 2.35. The predicted octanol–water partition coefficient (Wildman–Crippen LogP) is 3.28. The zero-order valence-electron chi connectivity index (χ0n) is 12.2. The summed E-state index contributed by atoms with van der Waals surface area (Å²) in [4.78, 5) is 12.1. The Kier molecular flexibility index (Phi) is 3.85. The summed E-state index contributed by atoms with van der Waals surface area (Å²) < 4.78 is 47.2. The highest BCUT2D eigenvalue weighted by molar-refractivity contribution is 6.03. The first-order valence-electron chi connectivity index (χ1n) is 6.93. The van der Waals surface area contributed by atoms with Gasteiger partial charge in [-0.1, -0.05) is 6.07 Å². The minimum absolute atomic E-state index is 0.0700. The van der Waals surface area contributed by atoms with Crippen molar-refractivity contribution >= 4 is 17.3 Å². The monoisotopic (exact) mass is 322 g/mol. The molecule has 1 aliphatic rings. The zero-order chi connectivity index (χ0) is 16.6. The second-order valence-corrected chi connectivity index (χ2v) is 5.13. The third-order valence-corrected chi connectivity index (χ3v) is 3.44. The van der Waals surface area contributed by atoms with Gasteiger partial charge < -0.3 is 15.4 Å². The molecule has 120 valence electrons. The molecule has 0 radical (unpaired) electrons. The highest BCUT2D eigenvalue weighted by atomic mass is 19.2. The first-order chi connectivity index (χ1) is 11.0. The van der Waals surface area contributed by atoms with E-state index in [-0.39, 0.29) is 30.2 Å². The topological polar surface area (TPSA) is 50.4 Å². The van der Waals surface area contributed by atoms with E-state index in [4.69, 9.17) is 4.74 Å². The van der Waals surface area contributed by atoms with E-state index in [1.807, 2.05) is 0 Å². The molecule has 1 amide bonds. The Bertz CT molecular complexity index is 793. The van der Waals surface area contributed by atoms with E-state index in [9.17, 15) is 18.0 Å². The summed E-state index contributed by atoms with van der Waals surface area (Å²) in [6.07, 6.45) is 0. The first kappa shape index (κ1) is 15.2. The molecular weight excluding hydrogens is 309 g/mol. The van der Waals surface area contributed by atoms with E-state index in [1.165, 1.54) is 12.1 Å². The van der Waals surface area contributed by atoms with Crippen molar-refractivity contribution in [2.24, 2.45) is 0 Å². The third kappa shape index (κ3) is 2.81. The first-order valence-corrected chi connectivity index (χ1v) is 6.93. The fraction of sp³-hybridized carbons (Fsp3) is 0.188. The van der Waals surface area contributed by atoms with Crippen LogP contribution in [0.4, 0.5) is 24.5 Å². The number of ether oxygens (including phenoxy) is 1. The lowest BCUT2D eigenvalue weighted by Crippen LogP contribution is -2.25. The summed E-state index contributed by atoms with van der Waals surface area (Å²) in [5, 5.41) is 4.97. The Morgan fingerprint density at radius 2 is 1.96 bits per heavy atom. The lowest BCUT2D eigenvalue weighted by atomic mass is 10.1. The number of nitrogens with one attached hydrogen (secondary N) is 2. The fourth-order valence-electron chi connectivity index (χ4n) is 2.33. The van der Waals surface area contributed by atoms with Crippen molar-refractivity contribution in [3.8, 4) is 5.75 Å². The van der Waals surface area contributed by atoms with Crippen LogP contribution in [0.1, 0.15) is 15.9 Å². The lowest BCUT2D eigenvalue weighted by molar-refractivity contribution is 0.0957. The maximum absolute atomic E-state index is 14.2. The number of benzene rings is 2. The largest absolute Gasteiger partial charge is 0.491 e. The van der Waals surface area contributed by atoms with Gasteiger partial charge in [-0.3, -0.25) is 4.79 Å². The molecule has 3 rings (SSSR count). The van der Waals surface area contributed by atoms with Crippen molar-refractivity contribution in [2.45, 2.75) is 6.92 Å². The molecule has 0 bridgehead atoms. The van der Waals surface area contributed by atoms with Gasteiger partial charge in [0.05, 0.1) is 17.9 Å². The normalized spacial score (nSPS) is 13.7. The molecule has 0 unspecified atom stereocenters. The quantitative estimate of drug-likeness (QED) is 0.892. The van der Waals surface area contributed by atoms with E-state index in [0.717, 1.165) is 6.07 Å². The minimum atomic E-state index is -1.27. The van der Waals surface area contributed by atoms with Gasteiger partial charge in [0.25, 0.3) is 5.91 Å². The van der Waals surface area contributed by atoms with Crippen molar-refractivity contribution in [3.63, 3.8) is 0 Å². The number of carbonyl (C=O) groups excluding carboxylic acids is 1. The number of hydrogen-bond acceptors (Lipinski definition) is 3. The Hall–Kier alpha value is -2.70. The molecular formula is C16H13F3N2O2. The molecule has 0 fully saturated rings. The van der Waals surface area contributed by atoms with Crippen LogP contribution in [-0.2, 0) is 0 Å². The number of carbonyl (C=O) groups is 1.